The Kier molecular flexibility index (Phi) is 6.87. The number of hydrogen-bond acceptors (Lipinski definition) is 4. The van der Waals surface area contributed by atoms with Gasteiger partial charge in [0.1, 0.15) is 18.1 Å². The van der Waals surface area contributed by atoms with Crippen molar-refractivity contribution >= 4 is 5.96 Å². The van der Waals surface area contributed by atoms with Crippen LogP contribution in [0.25, 0.3) is 11.5 Å². The molecule has 0 atom stereocenters. The summed E-state index contributed by atoms with van der Waals surface area (Å²) in [6.07, 6.45) is 4.75. The summed E-state index contributed by atoms with van der Waals surface area (Å²) in [6, 6.07) is 18.3. The highest BCUT2D eigenvalue weighted by Crippen LogP contribution is 2.20. The molecule has 4 rings (SSSR count). The lowest BCUT2D eigenvalue weighted by Gasteiger charge is -2.34. The topological polar surface area (TPSA) is 62.9 Å². The highest BCUT2D eigenvalue weighted by Gasteiger charge is 2.22. The van der Waals surface area contributed by atoms with E-state index in [0.717, 1.165) is 61.9 Å². The number of benzene rings is 2. The molecule has 0 bridgehead atoms. The van der Waals surface area contributed by atoms with Crippen LogP contribution >= 0.6 is 0 Å². The number of para-hydroxylation sites is 1. The van der Waals surface area contributed by atoms with Gasteiger partial charge in [0.05, 0.1) is 5.69 Å². The lowest BCUT2D eigenvalue weighted by Crippen LogP contribution is -2.47. The van der Waals surface area contributed by atoms with Crippen molar-refractivity contribution in [1.82, 2.24) is 15.2 Å². The van der Waals surface area contributed by atoms with Crippen molar-refractivity contribution in [2.24, 2.45) is 4.99 Å². The van der Waals surface area contributed by atoms with E-state index in [0.29, 0.717) is 5.89 Å². The van der Waals surface area contributed by atoms with Crippen molar-refractivity contribution in [3.8, 4) is 17.2 Å². The van der Waals surface area contributed by atoms with Crippen LogP contribution in [0.3, 0.4) is 0 Å². The molecule has 1 fully saturated rings. The Hall–Kier alpha value is -3.28. The maximum absolute atomic E-state index is 6.10. The highest BCUT2D eigenvalue weighted by molar-refractivity contribution is 5.80. The number of nitrogens with zero attached hydrogens (tertiary/aromatic N) is 3. The number of likely N-dealkylation sites (tertiary alicyclic amines) is 1. The van der Waals surface area contributed by atoms with Crippen LogP contribution in [0.15, 0.2) is 70.3 Å². The van der Waals surface area contributed by atoms with Gasteiger partial charge in [-0.05, 0) is 31.2 Å². The van der Waals surface area contributed by atoms with Gasteiger partial charge in [-0.2, -0.15) is 0 Å². The van der Waals surface area contributed by atoms with Crippen LogP contribution in [0, 0.1) is 6.92 Å². The second kappa shape index (κ2) is 10.2. The summed E-state index contributed by atoms with van der Waals surface area (Å²) in [4.78, 5) is 11.4. The first-order chi connectivity index (χ1) is 15.2. The van der Waals surface area contributed by atoms with Gasteiger partial charge >= 0.3 is 0 Å². The molecule has 0 aliphatic carbocycles. The van der Waals surface area contributed by atoms with Crippen LogP contribution in [-0.2, 0) is 6.42 Å². The minimum atomic E-state index is 0.257. The molecule has 1 saturated heterocycles. The van der Waals surface area contributed by atoms with E-state index in [4.69, 9.17) is 9.15 Å². The standard InChI is InChI=1S/C25H30N4O2/c1-19-8-10-20(11-9-19)24-28-21(18-30-24)12-15-27-25(26-2)29-16-13-23(14-17-29)31-22-6-4-3-5-7-22/h3-11,18,23H,12-17H2,1-2H3,(H,26,27). The van der Waals surface area contributed by atoms with Gasteiger partial charge in [0.15, 0.2) is 5.96 Å². The summed E-state index contributed by atoms with van der Waals surface area (Å²) < 4.78 is 11.8. The van der Waals surface area contributed by atoms with E-state index in [9.17, 15) is 0 Å². The third-order valence-electron chi connectivity index (χ3n) is 5.51. The van der Waals surface area contributed by atoms with Gasteiger partial charge in [0.25, 0.3) is 0 Å². The number of aryl methyl sites for hydroxylation is 1. The quantitative estimate of drug-likeness (QED) is 0.477. The maximum atomic E-state index is 6.10. The number of aliphatic imine (C=N–C) groups is 1. The number of nitrogens with one attached hydrogen (secondary N) is 1. The van der Waals surface area contributed by atoms with Crippen LogP contribution < -0.4 is 10.1 Å². The van der Waals surface area contributed by atoms with E-state index in [1.54, 1.807) is 6.26 Å². The van der Waals surface area contributed by atoms with Crippen molar-refractivity contribution in [2.45, 2.75) is 32.3 Å². The Morgan fingerprint density at radius 2 is 1.87 bits per heavy atom. The van der Waals surface area contributed by atoms with Crippen LogP contribution in [0.4, 0.5) is 0 Å². The average molecular weight is 419 g/mol. The summed E-state index contributed by atoms with van der Waals surface area (Å²) in [5.41, 5.74) is 3.16. The average Bonchev–Trinajstić information content (AvgIpc) is 3.28. The number of rotatable bonds is 6. The highest BCUT2D eigenvalue weighted by atomic mass is 16.5. The lowest BCUT2D eigenvalue weighted by atomic mass is 10.1. The van der Waals surface area contributed by atoms with Crippen molar-refractivity contribution < 1.29 is 9.15 Å². The molecular formula is C25H30N4O2. The summed E-state index contributed by atoms with van der Waals surface area (Å²) in [7, 11) is 1.83. The molecule has 0 radical (unpaired) electrons. The fourth-order valence-corrected chi connectivity index (χ4v) is 3.76. The molecule has 0 amide bonds. The van der Waals surface area contributed by atoms with Gasteiger partial charge in [0.2, 0.25) is 5.89 Å². The molecule has 2 heterocycles. The normalized spacial score (nSPS) is 15.2. The third kappa shape index (κ3) is 5.66. The van der Waals surface area contributed by atoms with Crippen LogP contribution in [0.1, 0.15) is 24.1 Å². The summed E-state index contributed by atoms with van der Waals surface area (Å²) in [6.45, 7) is 4.69. The Bertz CT molecular complexity index is 974. The van der Waals surface area contributed by atoms with Gasteiger partial charge in [0, 0.05) is 51.5 Å². The number of hydrogen-bond donors (Lipinski definition) is 1. The van der Waals surface area contributed by atoms with E-state index >= 15 is 0 Å². The van der Waals surface area contributed by atoms with Crippen molar-refractivity contribution in [3.63, 3.8) is 0 Å². The molecule has 0 saturated carbocycles. The molecule has 1 aliphatic rings. The van der Waals surface area contributed by atoms with Crippen LogP contribution in [0.2, 0.25) is 0 Å². The first-order valence-electron chi connectivity index (χ1n) is 10.9. The van der Waals surface area contributed by atoms with Gasteiger partial charge in [-0.25, -0.2) is 4.98 Å². The van der Waals surface area contributed by atoms with E-state index in [1.807, 2.05) is 49.5 Å². The first kappa shape index (κ1) is 21.0. The summed E-state index contributed by atoms with van der Waals surface area (Å²) >= 11 is 0. The fraction of sp³-hybridized carbons (Fsp3) is 0.360. The van der Waals surface area contributed by atoms with E-state index < -0.39 is 0 Å². The molecule has 0 spiro atoms. The minimum Gasteiger partial charge on any atom is -0.490 e. The molecule has 0 unspecified atom stereocenters. The Labute approximate surface area is 184 Å². The molecule has 1 aromatic heterocycles. The second-order valence-corrected chi connectivity index (χ2v) is 7.85. The summed E-state index contributed by atoms with van der Waals surface area (Å²) in [5, 5.41) is 3.46. The predicted molar refractivity (Wildman–Crippen MR) is 123 cm³/mol. The zero-order valence-electron chi connectivity index (χ0n) is 18.3. The van der Waals surface area contributed by atoms with Crippen LogP contribution in [0.5, 0.6) is 5.75 Å². The Morgan fingerprint density at radius 3 is 2.58 bits per heavy atom. The van der Waals surface area contributed by atoms with E-state index in [2.05, 4.69) is 39.2 Å². The smallest absolute Gasteiger partial charge is 0.226 e. The van der Waals surface area contributed by atoms with Crippen molar-refractivity contribution in [1.29, 1.82) is 0 Å². The minimum absolute atomic E-state index is 0.257. The Morgan fingerprint density at radius 1 is 1.13 bits per heavy atom. The maximum Gasteiger partial charge on any atom is 0.226 e. The number of ether oxygens (including phenoxy) is 1. The molecule has 6 nitrogen and oxygen atoms in total. The fourth-order valence-electron chi connectivity index (χ4n) is 3.76. The van der Waals surface area contributed by atoms with Gasteiger partial charge in [-0.15, -0.1) is 0 Å². The Balaban J connectivity index is 1.23. The van der Waals surface area contributed by atoms with E-state index in [1.165, 1.54) is 5.56 Å². The number of guanidine groups is 1. The summed E-state index contributed by atoms with van der Waals surface area (Å²) in [5.74, 6) is 2.54. The molecule has 6 heteroatoms. The number of aromatic nitrogens is 1. The molecular weight excluding hydrogens is 388 g/mol. The molecule has 162 valence electrons. The van der Waals surface area contributed by atoms with Gasteiger partial charge in [-0.3, -0.25) is 4.99 Å². The molecule has 1 aliphatic heterocycles. The number of piperidine rings is 1. The molecule has 1 N–H and O–H groups in total. The van der Waals surface area contributed by atoms with Gasteiger partial charge < -0.3 is 19.4 Å². The third-order valence-corrected chi connectivity index (χ3v) is 5.51. The van der Waals surface area contributed by atoms with E-state index in [-0.39, 0.29) is 6.10 Å². The van der Waals surface area contributed by atoms with Crippen molar-refractivity contribution in [2.75, 3.05) is 26.7 Å². The van der Waals surface area contributed by atoms with Gasteiger partial charge in [-0.1, -0.05) is 35.9 Å². The lowest BCUT2D eigenvalue weighted by molar-refractivity contribution is 0.129. The molecule has 2 aromatic carbocycles. The zero-order chi connectivity index (χ0) is 21.5. The van der Waals surface area contributed by atoms with Crippen LogP contribution in [-0.4, -0.2) is 48.6 Å². The monoisotopic (exact) mass is 418 g/mol. The molecule has 31 heavy (non-hydrogen) atoms. The zero-order valence-corrected chi connectivity index (χ0v) is 18.3. The first-order valence-corrected chi connectivity index (χ1v) is 10.9. The number of oxazole rings is 1. The predicted octanol–water partition coefficient (Wildman–Crippen LogP) is 4.31. The second-order valence-electron chi connectivity index (χ2n) is 7.85. The van der Waals surface area contributed by atoms with Crippen molar-refractivity contribution in [3.05, 3.63) is 72.1 Å². The molecule has 3 aromatic rings. The SMILES string of the molecule is CN=C(NCCc1coc(-c2ccc(C)cc2)n1)N1CCC(Oc2ccccc2)CC1. The largest absolute Gasteiger partial charge is 0.490 e.